The summed E-state index contributed by atoms with van der Waals surface area (Å²) in [7, 11) is 0. The fourth-order valence-corrected chi connectivity index (χ4v) is 8.42. The fourth-order valence-electron chi connectivity index (χ4n) is 8.42. The van der Waals surface area contributed by atoms with Crippen LogP contribution >= 0.6 is 0 Å². The minimum Gasteiger partial charge on any atom is -0.464 e. The number of aliphatic hydroxyl groups is 1. The number of hydrogen-bond donors (Lipinski definition) is 1. The zero-order chi connectivity index (χ0) is 27.0. The Morgan fingerprint density at radius 3 is 2.74 bits per heavy atom. The van der Waals surface area contributed by atoms with Crippen LogP contribution < -0.4 is 4.74 Å². The predicted molar refractivity (Wildman–Crippen MR) is 136 cm³/mol. The van der Waals surface area contributed by atoms with Crippen molar-refractivity contribution in [2.24, 2.45) is 34.5 Å². The van der Waals surface area contributed by atoms with E-state index in [0.29, 0.717) is 11.5 Å². The van der Waals surface area contributed by atoms with Crippen LogP contribution in [0, 0.1) is 40.3 Å². The monoisotopic (exact) mass is 523 g/mol. The van der Waals surface area contributed by atoms with Crippen LogP contribution in [0.3, 0.4) is 0 Å². The lowest BCUT2D eigenvalue weighted by Gasteiger charge is -2.52. The number of carbonyl (C=O) groups excluding carboxylic acids is 1. The zero-order valence-corrected chi connectivity index (χ0v) is 22.6. The second kappa shape index (κ2) is 7.34. The molecule has 8 heteroatoms. The number of allylic oxidation sites excluding steroid dienone is 1. The first-order chi connectivity index (χ1) is 17.8. The van der Waals surface area contributed by atoms with Gasteiger partial charge in [-0.1, -0.05) is 39.0 Å². The van der Waals surface area contributed by atoms with Gasteiger partial charge in [-0.3, -0.25) is 4.79 Å². The van der Waals surface area contributed by atoms with E-state index in [1.165, 1.54) is 12.1 Å². The van der Waals surface area contributed by atoms with Gasteiger partial charge in [-0.15, -0.1) is 0 Å². The van der Waals surface area contributed by atoms with Gasteiger partial charge in [0.1, 0.15) is 17.3 Å². The van der Waals surface area contributed by atoms with Crippen LogP contribution in [-0.4, -0.2) is 46.2 Å². The van der Waals surface area contributed by atoms with E-state index < -0.39 is 34.8 Å². The van der Waals surface area contributed by atoms with Gasteiger partial charge >= 0.3 is 0 Å². The summed E-state index contributed by atoms with van der Waals surface area (Å²) in [5, 5.41) is 17.2. The highest BCUT2D eigenvalue weighted by molar-refractivity contribution is 5.95. The molecular weight excluding hydrogens is 489 g/mol. The summed E-state index contributed by atoms with van der Waals surface area (Å²) in [5.41, 5.74) is -1.37. The summed E-state index contributed by atoms with van der Waals surface area (Å²) in [6, 6.07) is 4.46. The Balaban J connectivity index is 1.43. The van der Waals surface area contributed by atoms with Crippen LogP contribution in [0.4, 0.5) is 4.39 Å². The molecule has 1 saturated heterocycles. The van der Waals surface area contributed by atoms with Crippen molar-refractivity contribution in [3.05, 3.63) is 47.3 Å². The summed E-state index contributed by atoms with van der Waals surface area (Å²) >= 11 is 0. The Morgan fingerprint density at radius 1 is 1.21 bits per heavy atom. The number of ether oxygens (including phenoxy) is 3. The van der Waals surface area contributed by atoms with Crippen LogP contribution in [-0.2, 0) is 14.3 Å². The van der Waals surface area contributed by atoms with Crippen molar-refractivity contribution in [3.63, 3.8) is 0 Å². The average molecular weight is 524 g/mol. The molecule has 5 aliphatic rings. The highest BCUT2D eigenvalue weighted by atomic mass is 19.1. The SMILES string of the molecule is CC1=CC23C(=O)[C@@H](C=C4COC(C)(C)O[C@H]4[C@]2(O)[C@H]1Oc1noc2cccc(F)c12)[C@H]1[C@@H](C[C@H]3C)C1(C)C. The molecule has 2 bridgehead atoms. The van der Waals surface area contributed by atoms with Gasteiger partial charge in [-0.2, -0.15) is 0 Å². The van der Waals surface area contributed by atoms with Gasteiger partial charge in [0.15, 0.2) is 28.9 Å². The fraction of sp³-hybridized carbons (Fsp3) is 0.600. The molecule has 1 spiro atoms. The molecule has 7 rings (SSSR count). The van der Waals surface area contributed by atoms with Crippen molar-refractivity contribution in [3.8, 4) is 5.88 Å². The van der Waals surface area contributed by atoms with Crippen molar-refractivity contribution < 1.29 is 33.0 Å². The van der Waals surface area contributed by atoms with Gasteiger partial charge in [-0.25, -0.2) is 4.39 Å². The second-order valence-electron chi connectivity index (χ2n) is 13.1. The van der Waals surface area contributed by atoms with Gasteiger partial charge in [0, 0.05) is 5.92 Å². The largest absolute Gasteiger partial charge is 0.464 e. The topological polar surface area (TPSA) is 91.0 Å². The minimum atomic E-state index is -1.81. The standard InChI is InChI=1S/C30H34FNO6/c1-14-12-29-15(2)10-18-22(27(18,3)4)17(23(29)33)11-16-13-35-28(5,6)37-25(16)30(29,34)24(14)36-26-21-19(31)8-7-9-20(21)38-32-26/h7-9,11-12,15,17-18,22,24-25,34H,10,13H2,1-6H3/t15-,17+,18-,22+,24+,25-,29?,30-/m1/s1. The summed E-state index contributed by atoms with van der Waals surface area (Å²) in [6.45, 7) is 12.2. The smallest absolute Gasteiger partial charge is 0.265 e. The number of fused-ring (bicyclic) bond motifs is 6. The Kier molecular flexibility index (Phi) is 4.73. The van der Waals surface area contributed by atoms with E-state index in [2.05, 4.69) is 25.9 Å². The van der Waals surface area contributed by atoms with E-state index in [-0.39, 0.29) is 52.4 Å². The van der Waals surface area contributed by atoms with Crippen molar-refractivity contribution in [1.29, 1.82) is 0 Å². The van der Waals surface area contributed by atoms with Crippen LogP contribution in [0.2, 0.25) is 0 Å². The first-order valence-electron chi connectivity index (χ1n) is 13.5. The molecule has 1 N–H and O–H groups in total. The molecule has 202 valence electrons. The third-order valence-corrected chi connectivity index (χ3v) is 10.3. The number of nitrogens with zero attached hydrogens (tertiary/aromatic N) is 1. The molecule has 0 amide bonds. The van der Waals surface area contributed by atoms with Gasteiger partial charge in [-0.05, 0) is 78.8 Å². The number of ketones is 1. The molecular formula is C30H34FNO6. The lowest BCUT2D eigenvalue weighted by Crippen LogP contribution is -2.68. The molecule has 0 radical (unpaired) electrons. The lowest BCUT2D eigenvalue weighted by molar-refractivity contribution is -0.301. The first kappa shape index (κ1) is 24.5. The Labute approximate surface area is 221 Å². The lowest BCUT2D eigenvalue weighted by atomic mass is 9.59. The summed E-state index contributed by atoms with van der Waals surface area (Å²) in [4.78, 5) is 14.8. The van der Waals surface area contributed by atoms with Gasteiger partial charge in [0.05, 0.1) is 12.0 Å². The molecule has 4 aliphatic carbocycles. The molecule has 2 aromatic rings. The maximum atomic E-state index is 14.9. The highest BCUT2D eigenvalue weighted by Crippen LogP contribution is 2.72. The van der Waals surface area contributed by atoms with E-state index in [1.807, 2.05) is 19.1 Å². The number of carbonyl (C=O) groups is 1. The Morgan fingerprint density at radius 2 is 1.97 bits per heavy atom. The third-order valence-electron chi connectivity index (χ3n) is 10.3. The van der Waals surface area contributed by atoms with E-state index in [4.69, 9.17) is 18.7 Å². The molecule has 38 heavy (non-hydrogen) atoms. The first-order valence-corrected chi connectivity index (χ1v) is 13.5. The molecule has 2 saturated carbocycles. The Hall–Kier alpha value is -2.55. The predicted octanol–water partition coefficient (Wildman–Crippen LogP) is 4.98. The zero-order valence-electron chi connectivity index (χ0n) is 22.6. The summed E-state index contributed by atoms with van der Waals surface area (Å²) in [5.74, 6) is -1.59. The molecule has 1 aliphatic heterocycles. The number of rotatable bonds is 2. The molecule has 2 heterocycles. The number of Topliss-reactive ketones (excluding diaryl/α,β-unsaturated/α-hetero) is 1. The van der Waals surface area contributed by atoms with Gasteiger partial charge < -0.3 is 23.8 Å². The number of hydrogen-bond acceptors (Lipinski definition) is 7. The van der Waals surface area contributed by atoms with Crippen LogP contribution in [0.1, 0.15) is 48.0 Å². The van der Waals surface area contributed by atoms with Crippen LogP contribution in [0.25, 0.3) is 11.0 Å². The van der Waals surface area contributed by atoms with Crippen molar-refractivity contribution in [2.75, 3.05) is 6.61 Å². The molecule has 3 fully saturated rings. The normalized spacial score (nSPS) is 42.3. The van der Waals surface area contributed by atoms with Crippen molar-refractivity contribution in [1.82, 2.24) is 5.16 Å². The second-order valence-corrected chi connectivity index (χ2v) is 13.1. The summed E-state index contributed by atoms with van der Waals surface area (Å²) in [6.07, 6.45) is 2.83. The number of benzene rings is 1. The highest BCUT2D eigenvalue weighted by Gasteiger charge is 2.77. The number of halogens is 1. The molecule has 7 nitrogen and oxygen atoms in total. The maximum Gasteiger partial charge on any atom is 0.265 e. The van der Waals surface area contributed by atoms with Crippen molar-refractivity contribution >= 4 is 16.8 Å². The van der Waals surface area contributed by atoms with Gasteiger partial charge in [0.25, 0.3) is 5.88 Å². The van der Waals surface area contributed by atoms with E-state index in [1.54, 1.807) is 19.9 Å². The van der Waals surface area contributed by atoms with E-state index in [9.17, 15) is 14.3 Å². The quantitative estimate of drug-likeness (QED) is 0.555. The van der Waals surface area contributed by atoms with E-state index >= 15 is 0 Å². The third kappa shape index (κ3) is 2.84. The molecule has 1 aromatic carbocycles. The molecule has 1 aromatic heterocycles. The Bertz CT molecular complexity index is 1440. The van der Waals surface area contributed by atoms with Crippen LogP contribution in [0.5, 0.6) is 5.88 Å². The maximum absolute atomic E-state index is 14.9. The van der Waals surface area contributed by atoms with Crippen molar-refractivity contribution in [2.45, 2.75) is 71.6 Å². The molecule has 8 atom stereocenters. The van der Waals surface area contributed by atoms with Gasteiger partial charge in [0.2, 0.25) is 0 Å². The van der Waals surface area contributed by atoms with Crippen LogP contribution in [0.15, 0.2) is 46.0 Å². The summed E-state index contributed by atoms with van der Waals surface area (Å²) < 4.78 is 39.1. The van der Waals surface area contributed by atoms with E-state index in [0.717, 1.165) is 12.0 Å². The molecule has 1 unspecified atom stereocenters. The number of aromatic nitrogens is 1. The minimum absolute atomic E-state index is 0.00415. The average Bonchev–Trinajstić information content (AvgIpc) is 3.12.